The van der Waals surface area contributed by atoms with E-state index in [-0.39, 0.29) is 5.56 Å². The zero-order valence-corrected chi connectivity index (χ0v) is 12.2. The monoisotopic (exact) mass is 303 g/mol. The second-order valence-corrected chi connectivity index (χ2v) is 5.04. The van der Waals surface area contributed by atoms with Crippen molar-refractivity contribution in [1.82, 2.24) is 5.32 Å². The summed E-state index contributed by atoms with van der Waals surface area (Å²) in [6.45, 7) is 0. The van der Waals surface area contributed by atoms with Gasteiger partial charge in [-0.05, 0) is 29.0 Å². The van der Waals surface area contributed by atoms with Crippen LogP contribution in [0.15, 0.2) is 72.8 Å². The number of carbonyl (C=O) groups is 3. The molecular weight excluding hydrogens is 290 g/mol. The highest BCUT2D eigenvalue weighted by Crippen LogP contribution is 2.16. The largest absolute Gasteiger partial charge is 0.299 e. The Hall–Kier alpha value is -3.27. The van der Waals surface area contributed by atoms with Crippen LogP contribution in [0.1, 0.15) is 20.7 Å². The third-order valence-corrected chi connectivity index (χ3v) is 3.48. The van der Waals surface area contributed by atoms with Gasteiger partial charge >= 0.3 is 0 Å². The van der Waals surface area contributed by atoms with Gasteiger partial charge in [0.25, 0.3) is 17.6 Å². The maximum atomic E-state index is 12.2. The fourth-order valence-corrected chi connectivity index (χ4v) is 2.28. The number of nitrogens with one attached hydrogen (secondary N) is 1. The van der Waals surface area contributed by atoms with Crippen molar-refractivity contribution < 1.29 is 14.4 Å². The topological polar surface area (TPSA) is 63.2 Å². The summed E-state index contributed by atoms with van der Waals surface area (Å²) in [5.74, 6) is -2.26. The van der Waals surface area contributed by atoms with Gasteiger partial charge in [-0.15, -0.1) is 0 Å². The van der Waals surface area contributed by atoms with Gasteiger partial charge in [-0.25, -0.2) is 0 Å². The Labute approximate surface area is 132 Å². The van der Waals surface area contributed by atoms with Crippen molar-refractivity contribution in [1.29, 1.82) is 0 Å². The number of ketones is 1. The molecule has 23 heavy (non-hydrogen) atoms. The highest BCUT2D eigenvalue weighted by molar-refractivity contribution is 6.45. The SMILES string of the molecule is O=C(NC(=O)c1ccccc1)C(=O)c1ccc2ccccc2c1. The highest BCUT2D eigenvalue weighted by Gasteiger charge is 2.19. The van der Waals surface area contributed by atoms with E-state index in [2.05, 4.69) is 5.32 Å². The molecule has 0 spiro atoms. The average molecular weight is 303 g/mol. The molecule has 0 atom stereocenters. The van der Waals surface area contributed by atoms with Crippen molar-refractivity contribution in [2.24, 2.45) is 0 Å². The second kappa shape index (κ2) is 6.23. The Kier molecular flexibility index (Phi) is 3.97. The van der Waals surface area contributed by atoms with Crippen molar-refractivity contribution in [3.05, 3.63) is 83.9 Å². The third kappa shape index (κ3) is 3.16. The summed E-state index contributed by atoms with van der Waals surface area (Å²) >= 11 is 0. The third-order valence-electron chi connectivity index (χ3n) is 3.48. The first-order valence-electron chi connectivity index (χ1n) is 7.09. The molecule has 0 aliphatic heterocycles. The molecule has 0 heterocycles. The number of rotatable bonds is 3. The van der Waals surface area contributed by atoms with Gasteiger partial charge in [0.05, 0.1) is 0 Å². The van der Waals surface area contributed by atoms with Gasteiger partial charge < -0.3 is 0 Å². The lowest BCUT2D eigenvalue weighted by atomic mass is 10.0. The second-order valence-electron chi connectivity index (χ2n) is 5.04. The molecule has 3 aromatic rings. The Morgan fingerprint density at radius 1 is 0.652 bits per heavy atom. The Morgan fingerprint density at radius 2 is 1.30 bits per heavy atom. The molecule has 0 aromatic heterocycles. The summed E-state index contributed by atoms with van der Waals surface area (Å²) in [6.07, 6.45) is 0. The Balaban J connectivity index is 1.78. The minimum atomic E-state index is -0.936. The fraction of sp³-hybridized carbons (Fsp3) is 0. The van der Waals surface area contributed by atoms with Crippen molar-refractivity contribution in [3.63, 3.8) is 0 Å². The zero-order chi connectivity index (χ0) is 16.2. The fourth-order valence-electron chi connectivity index (χ4n) is 2.28. The maximum Gasteiger partial charge on any atom is 0.299 e. The number of carbonyl (C=O) groups excluding carboxylic acids is 3. The molecule has 0 radical (unpaired) electrons. The molecule has 4 nitrogen and oxygen atoms in total. The molecule has 0 saturated heterocycles. The molecule has 0 aliphatic carbocycles. The van der Waals surface area contributed by atoms with Crippen LogP contribution in [0.25, 0.3) is 10.8 Å². The van der Waals surface area contributed by atoms with Gasteiger partial charge in [-0.3, -0.25) is 19.7 Å². The van der Waals surface area contributed by atoms with E-state index in [0.29, 0.717) is 5.56 Å². The van der Waals surface area contributed by atoms with E-state index in [4.69, 9.17) is 0 Å². The van der Waals surface area contributed by atoms with Gasteiger partial charge in [-0.2, -0.15) is 0 Å². The van der Waals surface area contributed by atoms with Crippen molar-refractivity contribution in [2.45, 2.75) is 0 Å². The highest BCUT2D eigenvalue weighted by atomic mass is 16.2. The summed E-state index contributed by atoms with van der Waals surface area (Å²) in [5.41, 5.74) is 0.578. The molecule has 3 rings (SSSR count). The van der Waals surface area contributed by atoms with Gasteiger partial charge in [0.1, 0.15) is 0 Å². The predicted molar refractivity (Wildman–Crippen MR) is 87.2 cm³/mol. The maximum absolute atomic E-state index is 12.2. The summed E-state index contributed by atoms with van der Waals surface area (Å²) in [6, 6.07) is 20.8. The molecular formula is C19H13NO3. The van der Waals surface area contributed by atoms with E-state index < -0.39 is 17.6 Å². The molecule has 2 amide bonds. The van der Waals surface area contributed by atoms with Crippen LogP contribution in [0, 0.1) is 0 Å². The number of fused-ring (bicyclic) bond motifs is 1. The Bertz CT molecular complexity index is 901. The van der Waals surface area contributed by atoms with Crippen LogP contribution >= 0.6 is 0 Å². The molecule has 1 N–H and O–H groups in total. The van der Waals surface area contributed by atoms with E-state index in [0.717, 1.165) is 10.8 Å². The standard InChI is InChI=1S/C19H13NO3/c21-17(16-11-10-13-6-4-5-9-15(13)12-16)19(23)20-18(22)14-7-2-1-3-8-14/h1-12H,(H,20,22,23). The van der Waals surface area contributed by atoms with Gasteiger partial charge in [-0.1, -0.05) is 54.6 Å². The van der Waals surface area contributed by atoms with Crippen LogP contribution in [0.4, 0.5) is 0 Å². The van der Waals surface area contributed by atoms with E-state index in [1.54, 1.807) is 48.5 Å². The van der Waals surface area contributed by atoms with Crippen LogP contribution in [-0.4, -0.2) is 17.6 Å². The number of imide groups is 1. The number of benzene rings is 3. The average Bonchev–Trinajstić information content (AvgIpc) is 2.61. The normalized spacial score (nSPS) is 10.3. The molecule has 0 saturated carbocycles. The van der Waals surface area contributed by atoms with E-state index in [9.17, 15) is 14.4 Å². The van der Waals surface area contributed by atoms with Crippen molar-refractivity contribution in [3.8, 4) is 0 Å². The first kappa shape index (κ1) is 14.7. The molecule has 0 unspecified atom stereocenters. The van der Waals surface area contributed by atoms with Crippen LogP contribution in [0.2, 0.25) is 0 Å². The minimum Gasteiger partial charge on any atom is -0.285 e. The lowest BCUT2D eigenvalue weighted by Crippen LogP contribution is -2.36. The molecule has 3 aromatic carbocycles. The van der Waals surface area contributed by atoms with E-state index in [1.807, 2.05) is 24.3 Å². The van der Waals surface area contributed by atoms with Crippen molar-refractivity contribution >= 4 is 28.4 Å². The number of amides is 2. The summed E-state index contributed by atoms with van der Waals surface area (Å²) < 4.78 is 0. The molecule has 4 heteroatoms. The smallest absolute Gasteiger partial charge is 0.285 e. The van der Waals surface area contributed by atoms with E-state index >= 15 is 0 Å². The minimum absolute atomic E-state index is 0.252. The number of hydrogen-bond acceptors (Lipinski definition) is 3. The molecule has 0 fully saturated rings. The zero-order valence-electron chi connectivity index (χ0n) is 12.2. The Morgan fingerprint density at radius 3 is 2.04 bits per heavy atom. The van der Waals surface area contributed by atoms with Crippen LogP contribution in [0.5, 0.6) is 0 Å². The summed E-state index contributed by atoms with van der Waals surface area (Å²) in [4.78, 5) is 36.1. The van der Waals surface area contributed by atoms with Crippen LogP contribution < -0.4 is 5.32 Å². The van der Waals surface area contributed by atoms with Gasteiger partial charge in [0.2, 0.25) is 0 Å². The van der Waals surface area contributed by atoms with Crippen LogP contribution in [-0.2, 0) is 4.79 Å². The molecule has 112 valence electrons. The predicted octanol–water partition coefficient (Wildman–Crippen LogP) is 2.98. The van der Waals surface area contributed by atoms with Crippen LogP contribution in [0.3, 0.4) is 0 Å². The van der Waals surface area contributed by atoms with Crippen molar-refractivity contribution in [2.75, 3.05) is 0 Å². The quantitative estimate of drug-likeness (QED) is 0.597. The molecule has 0 aliphatic rings. The summed E-state index contributed by atoms with van der Waals surface area (Å²) in [5, 5.41) is 3.95. The van der Waals surface area contributed by atoms with Gasteiger partial charge in [0.15, 0.2) is 0 Å². The molecule has 0 bridgehead atoms. The van der Waals surface area contributed by atoms with Gasteiger partial charge in [0, 0.05) is 11.1 Å². The number of hydrogen-bond donors (Lipinski definition) is 1. The van der Waals surface area contributed by atoms with E-state index in [1.165, 1.54) is 0 Å². The first-order valence-corrected chi connectivity index (χ1v) is 7.09. The first-order chi connectivity index (χ1) is 11.1. The lowest BCUT2D eigenvalue weighted by molar-refractivity contribution is -0.116. The number of Topliss-reactive ketones (excluding diaryl/α,β-unsaturated/α-hetero) is 1. The summed E-state index contributed by atoms with van der Waals surface area (Å²) in [7, 11) is 0. The lowest BCUT2D eigenvalue weighted by Gasteiger charge is -2.05.